The van der Waals surface area contributed by atoms with Gasteiger partial charge in [0.1, 0.15) is 0 Å². The van der Waals surface area contributed by atoms with Gasteiger partial charge in [0, 0.05) is 18.5 Å². The molecule has 0 amide bonds. The number of rotatable bonds is 3. The van der Waals surface area contributed by atoms with E-state index in [9.17, 15) is 8.42 Å². The summed E-state index contributed by atoms with van der Waals surface area (Å²) in [6, 6.07) is 15.3. The van der Waals surface area contributed by atoms with Crippen molar-refractivity contribution in [3.8, 4) is 0 Å². The number of sulfonamides is 1. The van der Waals surface area contributed by atoms with Gasteiger partial charge in [-0.2, -0.15) is 4.31 Å². The molecule has 0 spiro atoms. The fourth-order valence-corrected chi connectivity index (χ4v) is 4.75. The quantitative estimate of drug-likeness (QED) is 0.816. The topological polar surface area (TPSA) is 37.1 Å². The molecule has 2 unspecified atom stereocenters. The largest absolute Gasteiger partial charge is 0.243 e. The van der Waals surface area contributed by atoms with Crippen molar-refractivity contribution in [2.24, 2.45) is 0 Å². The molecule has 2 aromatic carbocycles. The van der Waals surface area contributed by atoms with E-state index in [0.29, 0.717) is 11.4 Å². The summed E-state index contributed by atoms with van der Waals surface area (Å²) in [7, 11) is -3.37. The molecule has 0 radical (unpaired) electrons. The average Bonchev–Trinajstić information content (AvgIpc) is 3.21. The lowest BCUT2D eigenvalue weighted by molar-refractivity contribution is 0.546. The lowest BCUT2D eigenvalue weighted by Crippen LogP contribution is -2.17. The molecule has 0 bridgehead atoms. The van der Waals surface area contributed by atoms with E-state index >= 15 is 0 Å². The Balaban J connectivity index is 1.60. The third-order valence-electron chi connectivity index (χ3n) is 4.48. The van der Waals surface area contributed by atoms with Gasteiger partial charge in [-0.15, -0.1) is 0 Å². The molecule has 1 fully saturated rings. The number of hydrogen-bond donors (Lipinski definition) is 0. The first-order chi connectivity index (χ1) is 10.6. The zero-order valence-electron chi connectivity index (χ0n) is 12.3. The fraction of sp³-hybridized carbons (Fsp3) is 0.222. The van der Waals surface area contributed by atoms with Crippen LogP contribution in [0.4, 0.5) is 0 Å². The van der Waals surface area contributed by atoms with Crippen LogP contribution in [0.1, 0.15) is 22.6 Å². The van der Waals surface area contributed by atoms with Crippen molar-refractivity contribution in [2.75, 3.05) is 6.54 Å². The minimum atomic E-state index is -3.37. The predicted molar refractivity (Wildman–Crippen MR) is 87.1 cm³/mol. The highest BCUT2D eigenvalue weighted by Gasteiger charge is 2.49. The highest BCUT2D eigenvalue weighted by molar-refractivity contribution is 7.89. The molecule has 1 aliphatic carbocycles. The van der Waals surface area contributed by atoms with Gasteiger partial charge < -0.3 is 0 Å². The van der Waals surface area contributed by atoms with Crippen LogP contribution in [0.5, 0.6) is 0 Å². The summed E-state index contributed by atoms with van der Waals surface area (Å²) in [4.78, 5) is 0.385. The molecule has 2 aromatic rings. The summed E-state index contributed by atoms with van der Waals surface area (Å²) in [5.74, 6) is 0.177. The summed E-state index contributed by atoms with van der Waals surface area (Å²) in [5.41, 5.74) is 3.50. The lowest BCUT2D eigenvalue weighted by atomic mass is 9.98. The SMILES string of the molecule is Cc1ccc(S(=O)(=O)N2C[C@@H]2C2C=Cc3ccccc32)cc1. The minimum Gasteiger partial charge on any atom is -0.207 e. The van der Waals surface area contributed by atoms with Crippen LogP contribution in [0.15, 0.2) is 59.5 Å². The second-order valence-electron chi connectivity index (χ2n) is 5.97. The molecule has 2 aliphatic rings. The Morgan fingerprint density at radius 1 is 1.05 bits per heavy atom. The molecule has 3 nitrogen and oxygen atoms in total. The first-order valence-corrected chi connectivity index (χ1v) is 8.87. The van der Waals surface area contributed by atoms with E-state index in [0.717, 1.165) is 5.56 Å². The van der Waals surface area contributed by atoms with Crippen LogP contribution in [-0.2, 0) is 10.0 Å². The molecule has 22 heavy (non-hydrogen) atoms. The Morgan fingerprint density at radius 3 is 2.55 bits per heavy atom. The summed E-state index contributed by atoms with van der Waals surface area (Å²) in [6.45, 7) is 2.55. The van der Waals surface area contributed by atoms with E-state index in [4.69, 9.17) is 0 Å². The van der Waals surface area contributed by atoms with Gasteiger partial charge >= 0.3 is 0 Å². The van der Waals surface area contributed by atoms with Gasteiger partial charge in [0.15, 0.2) is 0 Å². The van der Waals surface area contributed by atoms with Gasteiger partial charge in [0.25, 0.3) is 0 Å². The Labute approximate surface area is 130 Å². The van der Waals surface area contributed by atoms with Gasteiger partial charge in [0.05, 0.1) is 4.90 Å². The zero-order chi connectivity index (χ0) is 15.3. The van der Waals surface area contributed by atoms with Crippen molar-refractivity contribution in [2.45, 2.75) is 23.8 Å². The molecule has 1 aliphatic heterocycles. The van der Waals surface area contributed by atoms with Crippen LogP contribution in [0.3, 0.4) is 0 Å². The highest BCUT2D eigenvalue weighted by atomic mass is 32.2. The monoisotopic (exact) mass is 311 g/mol. The minimum absolute atomic E-state index is 0.0474. The van der Waals surface area contributed by atoms with Crippen molar-refractivity contribution in [3.05, 3.63) is 71.3 Å². The van der Waals surface area contributed by atoms with Gasteiger partial charge in [0.2, 0.25) is 10.0 Å². The molecule has 1 saturated heterocycles. The normalized spacial score (nSPS) is 26.0. The molecule has 0 N–H and O–H groups in total. The van der Waals surface area contributed by atoms with Crippen LogP contribution in [0, 0.1) is 6.92 Å². The maximum atomic E-state index is 12.7. The van der Waals surface area contributed by atoms with Crippen molar-refractivity contribution < 1.29 is 8.42 Å². The smallest absolute Gasteiger partial charge is 0.207 e. The molecule has 0 saturated carbocycles. The predicted octanol–water partition coefficient (Wildman–Crippen LogP) is 3.18. The zero-order valence-corrected chi connectivity index (χ0v) is 13.1. The fourth-order valence-electron chi connectivity index (χ4n) is 3.16. The molecule has 0 aromatic heterocycles. The number of benzene rings is 2. The van der Waals surface area contributed by atoms with E-state index < -0.39 is 10.0 Å². The van der Waals surface area contributed by atoms with Crippen LogP contribution in [0.2, 0.25) is 0 Å². The van der Waals surface area contributed by atoms with Crippen molar-refractivity contribution in [1.82, 2.24) is 4.31 Å². The maximum Gasteiger partial charge on any atom is 0.243 e. The Bertz CT molecular complexity index is 853. The Morgan fingerprint density at radius 2 is 1.77 bits per heavy atom. The number of nitrogens with zero attached hydrogens (tertiary/aromatic N) is 1. The molecular formula is C18H17NO2S. The second kappa shape index (κ2) is 4.80. The first-order valence-electron chi connectivity index (χ1n) is 7.43. The number of hydrogen-bond acceptors (Lipinski definition) is 2. The second-order valence-corrected chi connectivity index (χ2v) is 7.86. The van der Waals surface area contributed by atoms with Gasteiger partial charge in [-0.1, -0.05) is 54.1 Å². The third kappa shape index (κ3) is 2.11. The summed E-state index contributed by atoms with van der Waals surface area (Å²) >= 11 is 0. The Kier molecular flexibility index (Phi) is 2.99. The maximum absolute atomic E-state index is 12.7. The third-order valence-corrected chi connectivity index (χ3v) is 6.39. The van der Waals surface area contributed by atoms with Crippen LogP contribution in [0.25, 0.3) is 6.08 Å². The standard InChI is InChI=1S/C18H17NO2S/c1-13-6-9-15(10-7-13)22(20,21)19-12-18(19)17-11-8-14-4-2-3-5-16(14)17/h2-11,17-18H,12H2,1H3/t17?,18-,19?/m1/s1. The highest BCUT2D eigenvalue weighted by Crippen LogP contribution is 2.42. The molecule has 112 valence electrons. The van der Waals surface area contributed by atoms with Crippen LogP contribution < -0.4 is 0 Å². The van der Waals surface area contributed by atoms with Gasteiger partial charge in [-0.05, 0) is 30.2 Å². The summed E-state index contributed by atoms with van der Waals surface area (Å²) in [6.07, 6.45) is 4.22. The van der Waals surface area contributed by atoms with Crippen molar-refractivity contribution in [1.29, 1.82) is 0 Å². The average molecular weight is 311 g/mol. The first kappa shape index (κ1) is 13.7. The van der Waals surface area contributed by atoms with E-state index in [1.54, 1.807) is 16.4 Å². The Hall–Kier alpha value is -1.91. The number of aryl methyl sites for hydroxylation is 1. The van der Waals surface area contributed by atoms with Gasteiger partial charge in [-0.25, -0.2) is 8.42 Å². The van der Waals surface area contributed by atoms with E-state index in [1.165, 1.54) is 11.1 Å². The van der Waals surface area contributed by atoms with E-state index in [1.807, 2.05) is 31.2 Å². The van der Waals surface area contributed by atoms with Crippen molar-refractivity contribution >= 4 is 16.1 Å². The molecule has 4 rings (SSSR count). The summed E-state index contributed by atoms with van der Waals surface area (Å²) < 4.78 is 27.0. The van der Waals surface area contributed by atoms with Crippen LogP contribution in [-0.4, -0.2) is 25.3 Å². The van der Waals surface area contributed by atoms with E-state index in [-0.39, 0.29) is 12.0 Å². The van der Waals surface area contributed by atoms with Crippen LogP contribution >= 0.6 is 0 Å². The summed E-state index contributed by atoms with van der Waals surface area (Å²) in [5, 5.41) is 0. The molecule has 3 atom stereocenters. The molecule has 4 heteroatoms. The van der Waals surface area contributed by atoms with Gasteiger partial charge in [-0.3, -0.25) is 0 Å². The van der Waals surface area contributed by atoms with E-state index in [2.05, 4.69) is 24.3 Å². The van der Waals surface area contributed by atoms with Crippen molar-refractivity contribution in [3.63, 3.8) is 0 Å². The molecule has 1 heterocycles. The number of fused-ring (bicyclic) bond motifs is 1. The lowest BCUT2D eigenvalue weighted by Gasteiger charge is -2.12. The molecular weight excluding hydrogens is 294 g/mol.